The maximum atomic E-state index is 5.82. The molecule has 0 unspecified atom stereocenters. The lowest BCUT2D eigenvalue weighted by atomic mass is 10.1. The second kappa shape index (κ2) is 6.59. The first-order chi connectivity index (χ1) is 9.25. The maximum absolute atomic E-state index is 5.82. The number of benzene rings is 2. The molecule has 2 aromatic rings. The summed E-state index contributed by atoms with van der Waals surface area (Å²) in [6, 6.07) is 18.8. The van der Waals surface area contributed by atoms with Crippen LogP contribution in [0.4, 0.5) is 0 Å². The van der Waals surface area contributed by atoms with E-state index in [1.165, 1.54) is 11.1 Å². The summed E-state index contributed by atoms with van der Waals surface area (Å²) in [6.45, 7) is 4.06. The predicted molar refractivity (Wildman–Crippen MR) is 76.8 cm³/mol. The molecule has 0 N–H and O–H groups in total. The number of ether oxygens (including phenoxy) is 1. The zero-order valence-corrected chi connectivity index (χ0v) is 13.9. The molecule has 0 radical (unpaired) electrons. The SMILES string of the molecule is C[N+]1(CCOc2ccccc2)Cc2ccccc2C1.[I-]. The molecule has 0 aromatic heterocycles. The van der Waals surface area contributed by atoms with E-state index in [0.29, 0.717) is 0 Å². The van der Waals surface area contributed by atoms with Crippen molar-refractivity contribution in [3.63, 3.8) is 0 Å². The van der Waals surface area contributed by atoms with E-state index in [0.717, 1.165) is 36.5 Å². The Labute approximate surface area is 138 Å². The lowest BCUT2D eigenvalue weighted by Gasteiger charge is -2.29. The van der Waals surface area contributed by atoms with E-state index in [1.54, 1.807) is 0 Å². The molecule has 1 aliphatic heterocycles. The second-order valence-corrected chi connectivity index (χ2v) is 5.59. The molecule has 1 aliphatic rings. The van der Waals surface area contributed by atoms with Crippen molar-refractivity contribution in [2.45, 2.75) is 13.1 Å². The van der Waals surface area contributed by atoms with Gasteiger partial charge < -0.3 is 33.2 Å². The molecule has 0 amide bonds. The molecular formula is C17H20INO. The van der Waals surface area contributed by atoms with Crippen molar-refractivity contribution in [3.8, 4) is 5.75 Å². The smallest absolute Gasteiger partial charge is 0.137 e. The molecule has 0 aliphatic carbocycles. The Morgan fingerprint density at radius 1 is 0.900 bits per heavy atom. The normalized spacial score (nSPS) is 15.2. The summed E-state index contributed by atoms with van der Waals surface area (Å²) in [5, 5.41) is 0. The van der Waals surface area contributed by atoms with Crippen LogP contribution in [0.25, 0.3) is 0 Å². The molecule has 0 saturated carbocycles. The van der Waals surface area contributed by atoms with Crippen LogP contribution < -0.4 is 28.7 Å². The van der Waals surface area contributed by atoms with Gasteiger partial charge in [-0.25, -0.2) is 0 Å². The van der Waals surface area contributed by atoms with E-state index in [2.05, 4.69) is 31.3 Å². The van der Waals surface area contributed by atoms with E-state index >= 15 is 0 Å². The van der Waals surface area contributed by atoms with Crippen LogP contribution in [0.15, 0.2) is 54.6 Å². The number of fused-ring (bicyclic) bond motifs is 1. The Bertz CT molecular complexity index is 531. The average molecular weight is 381 g/mol. The summed E-state index contributed by atoms with van der Waals surface area (Å²) >= 11 is 0. The molecule has 3 heteroatoms. The van der Waals surface area contributed by atoms with Crippen molar-refractivity contribution in [1.29, 1.82) is 0 Å². The first kappa shape index (κ1) is 15.3. The summed E-state index contributed by atoms with van der Waals surface area (Å²) in [7, 11) is 2.31. The minimum Gasteiger partial charge on any atom is -1.00 e. The van der Waals surface area contributed by atoms with E-state index in [4.69, 9.17) is 4.74 Å². The zero-order chi connectivity index (χ0) is 13.1. The number of rotatable bonds is 4. The first-order valence-electron chi connectivity index (χ1n) is 6.83. The highest BCUT2D eigenvalue weighted by atomic mass is 127. The summed E-state index contributed by atoms with van der Waals surface area (Å²) in [6.07, 6.45) is 0. The number of hydrogen-bond acceptors (Lipinski definition) is 1. The number of para-hydroxylation sites is 1. The molecule has 2 aromatic carbocycles. The van der Waals surface area contributed by atoms with E-state index in [1.807, 2.05) is 30.3 Å². The van der Waals surface area contributed by atoms with Crippen LogP contribution in [0.2, 0.25) is 0 Å². The van der Waals surface area contributed by atoms with Crippen molar-refractivity contribution in [3.05, 3.63) is 65.7 Å². The fourth-order valence-corrected chi connectivity index (χ4v) is 2.80. The third-order valence-corrected chi connectivity index (χ3v) is 3.87. The molecule has 20 heavy (non-hydrogen) atoms. The zero-order valence-electron chi connectivity index (χ0n) is 11.8. The molecule has 1 heterocycles. The van der Waals surface area contributed by atoms with Gasteiger partial charge in [0.1, 0.15) is 32.0 Å². The van der Waals surface area contributed by atoms with Gasteiger partial charge in [0.15, 0.2) is 0 Å². The minimum absolute atomic E-state index is 0. The lowest BCUT2D eigenvalue weighted by molar-refractivity contribution is -0.928. The summed E-state index contributed by atoms with van der Waals surface area (Å²) in [5.74, 6) is 0.964. The average Bonchev–Trinajstić information content (AvgIpc) is 2.76. The number of likely N-dealkylation sites (N-methyl/N-ethyl adjacent to an activating group) is 1. The number of quaternary nitrogens is 1. The number of nitrogens with zero attached hydrogens (tertiary/aromatic N) is 1. The van der Waals surface area contributed by atoms with Gasteiger partial charge in [0.2, 0.25) is 0 Å². The van der Waals surface area contributed by atoms with Gasteiger partial charge in [-0.3, -0.25) is 0 Å². The molecule has 2 nitrogen and oxygen atoms in total. The molecule has 0 fully saturated rings. The monoisotopic (exact) mass is 381 g/mol. The summed E-state index contributed by atoms with van der Waals surface area (Å²) in [5.41, 5.74) is 2.98. The van der Waals surface area contributed by atoms with Crippen molar-refractivity contribution >= 4 is 0 Å². The first-order valence-corrected chi connectivity index (χ1v) is 6.83. The molecule has 0 spiro atoms. The summed E-state index contributed by atoms with van der Waals surface area (Å²) < 4.78 is 6.86. The van der Waals surface area contributed by atoms with E-state index < -0.39 is 0 Å². The topological polar surface area (TPSA) is 9.23 Å². The second-order valence-electron chi connectivity index (χ2n) is 5.59. The Balaban J connectivity index is 0.00000147. The third kappa shape index (κ3) is 3.52. The highest BCUT2D eigenvalue weighted by molar-refractivity contribution is 5.28. The highest BCUT2D eigenvalue weighted by Crippen LogP contribution is 2.27. The molecule has 0 saturated heterocycles. The molecule has 0 atom stereocenters. The van der Waals surface area contributed by atoms with Gasteiger partial charge in [0.25, 0.3) is 0 Å². The third-order valence-electron chi connectivity index (χ3n) is 3.87. The summed E-state index contributed by atoms with van der Waals surface area (Å²) in [4.78, 5) is 0. The Kier molecular flexibility index (Phi) is 5.05. The molecule has 3 rings (SSSR count). The van der Waals surface area contributed by atoms with Crippen molar-refractivity contribution in [1.82, 2.24) is 0 Å². The Morgan fingerprint density at radius 2 is 1.45 bits per heavy atom. The van der Waals surface area contributed by atoms with Gasteiger partial charge in [0.05, 0.1) is 7.05 Å². The standard InChI is InChI=1S/C17H20NO.HI/c1-18(11-12-19-17-9-3-2-4-10-17)13-15-7-5-6-8-16(15)14-18;/h2-10H,11-14H2,1H3;1H/q+1;/p-1. The number of hydrogen-bond donors (Lipinski definition) is 0. The lowest BCUT2D eigenvalue weighted by Crippen LogP contribution is -3.00. The quantitative estimate of drug-likeness (QED) is 0.545. The van der Waals surface area contributed by atoms with Crippen LogP contribution in [0.1, 0.15) is 11.1 Å². The Morgan fingerprint density at radius 3 is 2.05 bits per heavy atom. The van der Waals surface area contributed by atoms with Gasteiger partial charge in [-0.05, 0) is 12.1 Å². The van der Waals surface area contributed by atoms with Crippen LogP contribution in [0, 0.1) is 0 Å². The predicted octanol–water partition coefficient (Wildman–Crippen LogP) is 0.230. The van der Waals surface area contributed by atoms with Crippen molar-refractivity contribution in [2.24, 2.45) is 0 Å². The van der Waals surface area contributed by atoms with Crippen LogP contribution in [0.3, 0.4) is 0 Å². The molecular weight excluding hydrogens is 361 g/mol. The number of halogens is 1. The molecule has 0 bridgehead atoms. The fourth-order valence-electron chi connectivity index (χ4n) is 2.80. The van der Waals surface area contributed by atoms with Crippen LogP contribution >= 0.6 is 0 Å². The minimum atomic E-state index is 0. The van der Waals surface area contributed by atoms with Gasteiger partial charge in [-0.1, -0.05) is 42.5 Å². The fraction of sp³-hybridized carbons (Fsp3) is 0.294. The van der Waals surface area contributed by atoms with Crippen LogP contribution in [0.5, 0.6) is 5.75 Å². The highest BCUT2D eigenvalue weighted by Gasteiger charge is 2.31. The largest absolute Gasteiger partial charge is 1.00 e. The molecule has 106 valence electrons. The van der Waals surface area contributed by atoms with Crippen LogP contribution in [-0.2, 0) is 13.1 Å². The van der Waals surface area contributed by atoms with Crippen molar-refractivity contribution < 1.29 is 33.2 Å². The van der Waals surface area contributed by atoms with Crippen LogP contribution in [-0.4, -0.2) is 24.7 Å². The van der Waals surface area contributed by atoms with Gasteiger partial charge in [-0.15, -0.1) is 0 Å². The van der Waals surface area contributed by atoms with Gasteiger partial charge in [0, 0.05) is 11.1 Å². The van der Waals surface area contributed by atoms with E-state index in [-0.39, 0.29) is 24.0 Å². The maximum Gasteiger partial charge on any atom is 0.137 e. The Hall–Kier alpha value is -1.07. The van der Waals surface area contributed by atoms with Gasteiger partial charge in [-0.2, -0.15) is 0 Å². The van der Waals surface area contributed by atoms with Gasteiger partial charge >= 0.3 is 0 Å². The van der Waals surface area contributed by atoms with E-state index in [9.17, 15) is 0 Å². The van der Waals surface area contributed by atoms with Crippen molar-refractivity contribution in [2.75, 3.05) is 20.2 Å².